The summed E-state index contributed by atoms with van der Waals surface area (Å²) < 4.78 is 10.7. The van der Waals surface area contributed by atoms with Gasteiger partial charge < -0.3 is 9.15 Å². The molecule has 1 aromatic carbocycles. The first-order valence-corrected chi connectivity index (χ1v) is 7.27. The number of aromatic nitrogens is 3. The number of aromatic amines is 1. The molecule has 0 saturated heterocycles. The predicted octanol–water partition coefficient (Wildman–Crippen LogP) is 3.77. The molecule has 0 unspecified atom stereocenters. The van der Waals surface area contributed by atoms with Crippen LogP contribution in [0.15, 0.2) is 53.3 Å². The van der Waals surface area contributed by atoms with Gasteiger partial charge in [-0.1, -0.05) is 0 Å². The number of benzene rings is 1. The van der Waals surface area contributed by atoms with E-state index in [1.54, 1.807) is 25.6 Å². The Hall–Kier alpha value is -3.59. The summed E-state index contributed by atoms with van der Waals surface area (Å²) in [5, 5.41) is 17.4. The summed E-state index contributed by atoms with van der Waals surface area (Å²) in [4.78, 5) is 4.58. The average molecular weight is 316 g/mol. The van der Waals surface area contributed by atoms with E-state index in [0.29, 0.717) is 28.2 Å². The van der Waals surface area contributed by atoms with Crippen LogP contribution < -0.4 is 4.74 Å². The van der Waals surface area contributed by atoms with Crippen molar-refractivity contribution in [1.82, 2.24) is 15.2 Å². The zero-order valence-electron chi connectivity index (χ0n) is 12.8. The van der Waals surface area contributed by atoms with E-state index in [1.807, 2.05) is 30.3 Å². The van der Waals surface area contributed by atoms with Crippen molar-refractivity contribution in [3.63, 3.8) is 0 Å². The zero-order chi connectivity index (χ0) is 16.5. The molecule has 116 valence electrons. The molecule has 0 saturated carbocycles. The van der Waals surface area contributed by atoms with Gasteiger partial charge in [-0.3, -0.25) is 5.10 Å². The molecule has 0 aliphatic heterocycles. The maximum atomic E-state index is 9.77. The molecule has 4 rings (SSSR count). The van der Waals surface area contributed by atoms with E-state index < -0.39 is 0 Å². The molecule has 0 radical (unpaired) electrons. The maximum absolute atomic E-state index is 9.77. The van der Waals surface area contributed by atoms with Crippen molar-refractivity contribution in [2.24, 2.45) is 0 Å². The lowest BCUT2D eigenvalue weighted by molar-refractivity contribution is 0.415. The van der Waals surface area contributed by atoms with E-state index in [1.165, 1.54) is 0 Å². The van der Waals surface area contributed by atoms with Crippen molar-refractivity contribution in [1.29, 1.82) is 5.26 Å². The molecule has 0 atom stereocenters. The lowest BCUT2D eigenvalue weighted by atomic mass is 9.98. The van der Waals surface area contributed by atoms with E-state index >= 15 is 0 Å². The lowest BCUT2D eigenvalue weighted by Gasteiger charge is -2.09. The third-order valence-electron chi connectivity index (χ3n) is 3.84. The van der Waals surface area contributed by atoms with Crippen LogP contribution in [0.4, 0.5) is 0 Å². The van der Waals surface area contributed by atoms with Gasteiger partial charge in [0.15, 0.2) is 5.65 Å². The maximum Gasteiger partial charge on any atom is 0.156 e. The quantitative estimate of drug-likeness (QED) is 0.621. The van der Waals surface area contributed by atoms with Gasteiger partial charge in [0.05, 0.1) is 36.2 Å². The highest BCUT2D eigenvalue weighted by atomic mass is 16.5. The number of ether oxygens (including phenoxy) is 1. The SMILES string of the molecule is COc1ccc(-c2nc3[nH]ncc3c(-c3ccco3)c2C#N)cc1. The Morgan fingerprint density at radius 3 is 2.71 bits per heavy atom. The van der Waals surface area contributed by atoms with Gasteiger partial charge in [-0.05, 0) is 36.4 Å². The summed E-state index contributed by atoms with van der Waals surface area (Å²) >= 11 is 0. The van der Waals surface area contributed by atoms with Crippen molar-refractivity contribution < 1.29 is 9.15 Å². The van der Waals surface area contributed by atoms with Crippen molar-refractivity contribution in [3.05, 3.63) is 54.4 Å². The number of nitrogens with one attached hydrogen (secondary N) is 1. The Bertz CT molecular complexity index is 1040. The number of methoxy groups -OCH3 is 1. The molecule has 0 spiro atoms. The Kier molecular flexibility index (Phi) is 3.25. The molecule has 3 heterocycles. The summed E-state index contributed by atoms with van der Waals surface area (Å²) in [5.41, 5.74) is 3.13. The Labute approximate surface area is 137 Å². The third kappa shape index (κ3) is 2.11. The van der Waals surface area contributed by atoms with Crippen LogP contribution in [0.25, 0.3) is 33.6 Å². The number of rotatable bonds is 3. The predicted molar refractivity (Wildman–Crippen MR) is 88.3 cm³/mol. The van der Waals surface area contributed by atoms with Gasteiger partial charge in [0, 0.05) is 11.1 Å². The summed E-state index contributed by atoms with van der Waals surface area (Å²) in [6.07, 6.45) is 3.23. The number of pyridine rings is 1. The number of hydrogen-bond acceptors (Lipinski definition) is 5. The number of H-pyrrole nitrogens is 1. The lowest BCUT2D eigenvalue weighted by Crippen LogP contribution is -1.95. The molecule has 24 heavy (non-hydrogen) atoms. The topological polar surface area (TPSA) is 87.7 Å². The van der Waals surface area contributed by atoms with E-state index in [2.05, 4.69) is 21.3 Å². The van der Waals surface area contributed by atoms with Gasteiger partial charge in [0.2, 0.25) is 0 Å². The first kappa shape index (κ1) is 14.0. The van der Waals surface area contributed by atoms with E-state index in [-0.39, 0.29) is 0 Å². The van der Waals surface area contributed by atoms with Crippen LogP contribution in [0.1, 0.15) is 5.56 Å². The summed E-state index contributed by atoms with van der Waals surface area (Å²) in [5.74, 6) is 1.35. The number of nitriles is 1. The average Bonchev–Trinajstić information content (AvgIpc) is 3.31. The second-order valence-electron chi connectivity index (χ2n) is 5.16. The van der Waals surface area contributed by atoms with Crippen LogP contribution in [0.3, 0.4) is 0 Å². The van der Waals surface area contributed by atoms with Crippen molar-refractivity contribution in [2.75, 3.05) is 7.11 Å². The van der Waals surface area contributed by atoms with Gasteiger partial charge in [0.25, 0.3) is 0 Å². The van der Waals surface area contributed by atoms with Crippen LogP contribution in [0, 0.1) is 11.3 Å². The van der Waals surface area contributed by atoms with Crippen LogP contribution in [-0.4, -0.2) is 22.3 Å². The van der Waals surface area contributed by atoms with E-state index in [9.17, 15) is 5.26 Å². The van der Waals surface area contributed by atoms with Gasteiger partial charge in [0.1, 0.15) is 17.6 Å². The summed E-state index contributed by atoms with van der Waals surface area (Å²) in [6.45, 7) is 0. The molecule has 6 nitrogen and oxygen atoms in total. The number of nitrogens with zero attached hydrogens (tertiary/aromatic N) is 3. The molecule has 6 heteroatoms. The highest BCUT2D eigenvalue weighted by Gasteiger charge is 2.20. The Morgan fingerprint density at radius 1 is 1.21 bits per heavy atom. The fourth-order valence-corrected chi connectivity index (χ4v) is 2.71. The second kappa shape index (κ2) is 5.56. The van der Waals surface area contributed by atoms with Crippen molar-refractivity contribution >= 4 is 11.0 Å². The molecular weight excluding hydrogens is 304 g/mol. The third-order valence-corrected chi connectivity index (χ3v) is 3.84. The summed E-state index contributed by atoms with van der Waals surface area (Å²) in [6, 6.07) is 13.3. The molecule has 1 N–H and O–H groups in total. The first-order chi connectivity index (χ1) is 11.8. The Balaban J connectivity index is 2.04. The van der Waals surface area contributed by atoms with Crippen LogP contribution in [-0.2, 0) is 0 Å². The van der Waals surface area contributed by atoms with Gasteiger partial charge in [-0.15, -0.1) is 0 Å². The normalized spacial score (nSPS) is 10.7. The number of furan rings is 1. The highest BCUT2D eigenvalue weighted by Crippen LogP contribution is 2.36. The number of fused-ring (bicyclic) bond motifs is 1. The van der Waals surface area contributed by atoms with Crippen molar-refractivity contribution in [3.8, 4) is 34.4 Å². The Morgan fingerprint density at radius 2 is 2.04 bits per heavy atom. The minimum Gasteiger partial charge on any atom is -0.497 e. The van der Waals surface area contributed by atoms with E-state index in [0.717, 1.165) is 16.7 Å². The highest BCUT2D eigenvalue weighted by molar-refractivity contribution is 5.97. The van der Waals surface area contributed by atoms with E-state index in [4.69, 9.17) is 9.15 Å². The molecule has 0 amide bonds. The largest absolute Gasteiger partial charge is 0.497 e. The minimum absolute atomic E-state index is 0.448. The summed E-state index contributed by atoms with van der Waals surface area (Å²) in [7, 11) is 1.61. The van der Waals surface area contributed by atoms with Crippen LogP contribution in [0.5, 0.6) is 5.75 Å². The zero-order valence-corrected chi connectivity index (χ0v) is 12.8. The van der Waals surface area contributed by atoms with Crippen LogP contribution in [0.2, 0.25) is 0 Å². The smallest absolute Gasteiger partial charge is 0.156 e. The fraction of sp³-hybridized carbons (Fsp3) is 0.0556. The van der Waals surface area contributed by atoms with Gasteiger partial charge in [-0.2, -0.15) is 10.4 Å². The van der Waals surface area contributed by atoms with Crippen LogP contribution >= 0.6 is 0 Å². The molecular formula is C18H12N4O2. The molecule has 4 aromatic rings. The molecule has 3 aromatic heterocycles. The standard InChI is InChI=1S/C18H12N4O2/c1-23-12-6-4-11(5-7-12)17-13(9-19)16(15-3-2-8-24-15)14-10-20-22-18(14)21-17/h2-8,10H,1H3,(H,20,21,22). The second-order valence-corrected chi connectivity index (χ2v) is 5.16. The van der Waals surface area contributed by atoms with Gasteiger partial charge >= 0.3 is 0 Å². The molecule has 0 aliphatic carbocycles. The monoisotopic (exact) mass is 316 g/mol. The molecule has 0 bridgehead atoms. The number of hydrogen-bond donors (Lipinski definition) is 1. The van der Waals surface area contributed by atoms with Crippen molar-refractivity contribution in [2.45, 2.75) is 0 Å². The first-order valence-electron chi connectivity index (χ1n) is 7.27. The fourth-order valence-electron chi connectivity index (χ4n) is 2.71. The van der Waals surface area contributed by atoms with Gasteiger partial charge in [-0.25, -0.2) is 4.98 Å². The molecule has 0 aliphatic rings. The molecule has 0 fully saturated rings. The minimum atomic E-state index is 0.448.